The van der Waals surface area contributed by atoms with Gasteiger partial charge < -0.3 is 20.9 Å². The smallest absolute Gasteiger partial charge is 0.138 e. The van der Waals surface area contributed by atoms with Gasteiger partial charge in [0.25, 0.3) is 0 Å². The van der Waals surface area contributed by atoms with Crippen LogP contribution in [-0.2, 0) is 4.74 Å². The first-order valence-corrected chi connectivity index (χ1v) is 6.27. The molecular weight excluding hydrogens is 338 g/mol. The SMILES string of the molecule is COCCC(CO)Nc1cc(F)c(I)cc1N. The predicted octanol–water partition coefficient (Wildman–Crippen LogP) is 1.82. The molecule has 1 aromatic carbocycles. The summed E-state index contributed by atoms with van der Waals surface area (Å²) in [4.78, 5) is 0. The van der Waals surface area contributed by atoms with Crippen molar-refractivity contribution in [2.75, 3.05) is 31.4 Å². The van der Waals surface area contributed by atoms with Crippen LogP contribution < -0.4 is 11.1 Å². The van der Waals surface area contributed by atoms with E-state index in [9.17, 15) is 9.50 Å². The average Bonchev–Trinajstić information content (AvgIpc) is 2.30. The minimum absolute atomic E-state index is 0.0591. The second-order valence-electron chi connectivity index (χ2n) is 3.66. The maximum absolute atomic E-state index is 13.4. The number of aliphatic hydroxyl groups is 1. The molecule has 0 bridgehead atoms. The van der Waals surface area contributed by atoms with Gasteiger partial charge in [-0.05, 0) is 35.1 Å². The van der Waals surface area contributed by atoms with Gasteiger partial charge in [0.15, 0.2) is 0 Å². The molecule has 17 heavy (non-hydrogen) atoms. The van der Waals surface area contributed by atoms with E-state index in [1.807, 2.05) is 22.6 Å². The monoisotopic (exact) mass is 354 g/mol. The number of rotatable bonds is 6. The van der Waals surface area contributed by atoms with E-state index in [1.54, 1.807) is 13.2 Å². The third kappa shape index (κ3) is 4.29. The summed E-state index contributed by atoms with van der Waals surface area (Å²) in [7, 11) is 1.59. The Hall–Kier alpha value is -0.600. The number of aliphatic hydroxyl groups excluding tert-OH is 1. The number of ether oxygens (including phenoxy) is 1. The summed E-state index contributed by atoms with van der Waals surface area (Å²) in [5.41, 5.74) is 6.74. The Labute approximate surface area is 113 Å². The molecule has 0 aliphatic heterocycles. The van der Waals surface area contributed by atoms with Crippen molar-refractivity contribution >= 4 is 34.0 Å². The van der Waals surface area contributed by atoms with E-state index in [1.165, 1.54) is 6.07 Å². The number of methoxy groups -OCH3 is 1. The Kier molecular flexibility index (Phi) is 5.93. The van der Waals surface area contributed by atoms with Crippen molar-refractivity contribution in [3.63, 3.8) is 0 Å². The molecule has 1 atom stereocenters. The molecule has 0 aliphatic carbocycles. The van der Waals surface area contributed by atoms with Gasteiger partial charge in [0.1, 0.15) is 5.82 Å². The molecule has 0 heterocycles. The topological polar surface area (TPSA) is 67.5 Å². The van der Waals surface area contributed by atoms with Gasteiger partial charge in [-0.15, -0.1) is 0 Å². The van der Waals surface area contributed by atoms with E-state index in [2.05, 4.69) is 5.32 Å². The molecule has 0 amide bonds. The first-order valence-electron chi connectivity index (χ1n) is 5.19. The van der Waals surface area contributed by atoms with Crippen LogP contribution in [0.4, 0.5) is 15.8 Å². The third-order valence-electron chi connectivity index (χ3n) is 2.34. The van der Waals surface area contributed by atoms with Crippen molar-refractivity contribution in [1.82, 2.24) is 0 Å². The predicted molar refractivity (Wildman–Crippen MR) is 74.5 cm³/mol. The van der Waals surface area contributed by atoms with Gasteiger partial charge >= 0.3 is 0 Å². The summed E-state index contributed by atoms with van der Waals surface area (Å²) in [6.07, 6.45) is 0.625. The van der Waals surface area contributed by atoms with Crippen LogP contribution in [0.15, 0.2) is 12.1 Å². The normalized spacial score (nSPS) is 12.5. The highest BCUT2D eigenvalue weighted by atomic mass is 127. The molecule has 1 unspecified atom stereocenters. The first kappa shape index (κ1) is 14.5. The lowest BCUT2D eigenvalue weighted by Gasteiger charge is -2.18. The maximum Gasteiger partial charge on any atom is 0.138 e. The lowest BCUT2D eigenvalue weighted by atomic mass is 10.2. The fraction of sp³-hybridized carbons (Fsp3) is 0.455. The van der Waals surface area contributed by atoms with Gasteiger partial charge in [0.2, 0.25) is 0 Å². The van der Waals surface area contributed by atoms with E-state index >= 15 is 0 Å². The number of nitrogen functional groups attached to an aromatic ring is 1. The number of anilines is 2. The fourth-order valence-electron chi connectivity index (χ4n) is 1.38. The van der Waals surface area contributed by atoms with E-state index in [0.29, 0.717) is 28.0 Å². The molecule has 0 radical (unpaired) electrons. The molecule has 4 N–H and O–H groups in total. The molecule has 0 saturated heterocycles. The summed E-state index contributed by atoms with van der Waals surface area (Å²) >= 11 is 1.88. The van der Waals surface area contributed by atoms with Gasteiger partial charge in [-0.2, -0.15) is 0 Å². The van der Waals surface area contributed by atoms with Crippen LogP contribution in [0.1, 0.15) is 6.42 Å². The molecule has 4 nitrogen and oxygen atoms in total. The molecule has 0 saturated carbocycles. The summed E-state index contributed by atoms with van der Waals surface area (Å²) in [5, 5.41) is 12.2. The van der Waals surface area contributed by atoms with Crippen molar-refractivity contribution in [1.29, 1.82) is 0 Å². The Bertz CT molecular complexity index is 377. The van der Waals surface area contributed by atoms with Crippen LogP contribution in [0.2, 0.25) is 0 Å². The number of nitrogens with two attached hydrogens (primary N) is 1. The average molecular weight is 354 g/mol. The molecule has 1 rings (SSSR count). The van der Waals surface area contributed by atoms with Crippen molar-refractivity contribution < 1.29 is 14.2 Å². The fourth-order valence-corrected chi connectivity index (χ4v) is 1.87. The largest absolute Gasteiger partial charge is 0.397 e. The van der Waals surface area contributed by atoms with Crippen LogP contribution in [-0.4, -0.2) is 31.5 Å². The van der Waals surface area contributed by atoms with Gasteiger partial charge in [-0.25, -0.2) is 4.39 Å². The summed E-state index contributed by atoms with van der Waals surface area (Å²) < 4.78 is 18.8. The summed E-state index contributed by atoms with van der Waals surface area (Å²) in [5.74, 6) is -0.328. The lowest BCUT2D eigenvalue weighted by molar-refractivity contribution is 0.174. The lowest BCUT2D eigenvalue weighted by Crippen LogP contribution is -2.26. The zero-order valence-electron chi connectivity index (χ0n) is 9.54. The molecule has 96 valence electrons. The van der Waals surface area contributed by atoms with Gasteiger partial charge in [-0.3, -0.25) is 0 Å². The van der Waals surface area contributed by atoms with Crippen LogP contribution in [0.3, 0.4) is 0 Å². The second-order valence-corrected chi connectivity index (χ2v) is 4.82. The number of hydrogen-bond donors (Lipinski definition) is 3. The molecule has 0 spiro atoms. The minimum Gasteiger partial charge on any atom is -0.397 e. The Morgan fingerprint density at radius 3 is 2.88 bits per heavy atom. The molecule has 6 heteroatoms. The molecule has 0 aliphatic rings. The molecule has 0 aromatic heterocycles. The van der Waals surface area contributed by atoms with E-state index in [0.717, 1.165) is 0 Å². The number of halogens is 2. The minimum atomic E-state index is -0.328. The van der Waals surface area contributed by atoms with Gasteiger partial charge in [0.05, 0.1) is 27.6 Å². The van der Waals surface area contributed by atoms with Gasteiger partial charge in [-0.1, -0.05) is 0 Å². The standard InChI is InChI=1S/C11H16FIN2O2/c1-17-3-2-7(6-16)15-11-4-8(12)9(13)5-10(11)14/h4-5,7,15-16H,2-3,6,14H2,1H3. The highest BCUT2D eigenvalue weighted by molar-refractivity contribution is 14.1. The maximum atomic E-state index is 13.4. The number of nitrogens with one attached hydrogen (secondary N) is 1. The molecular formula is C11H16FIN2O2. The zero-order chi connectivity index (χ0) is 12.8. The van der Waals surface area contributed by atoms with Gasteiger partial charge in [0, 0.05) is 19.8 Å². The first-order chi connectivity index (χ1) is 8.08. The summed E-state index contributed by atoms with van der Waals surface area (Å²) in [6.45, 7) is 0.460. The van der Waals surface area contributed by atoms with Crippen molar-refractivity contribution in [3.05, 3.63) is 21.5 Å². The Balaban J connectivity index is 2.75. The Morgan fingerprint density at radius 1 is 1.59 bits per heavy atom. The summed E-state index contributed by atoms with van der Waals surface area (Å²) in [6, 6.07) is 2.70. The number of hydrogen-bond acceptors (Lipinski definition) is 4. The van der Waals surface area contributed by atoms with Crippen LogP contribution >= 0.6 is 22.6 Å². The van der Waals surface area contributed by atoms with Crippen LogP contribution in [0, 0.1) is 9.39 Å². The zero-order valence-corrected chi connectivity index (χ0v) is 11.7. The van der Waals surface area contributed by atoms with Crippen LogP contribution in [0.5, 0.6) is 0 Å². The Morgan fingerprint density at radius 2 is 2.29 bits per heavy atom. The highest BCUT2D eigenvalue weighted by Gasteiger charge is 2.11. The third-order valence-corrected chi connectivity index (χ3v) is 3.17. The van der Waals surface area contributed by atoms with Crippen LogP contribution in [0.25, 0.3) is 0 Å². The van der Waals surface area contributed by atoms with E-state index in [4.69, 9.17) is 10.5 Å². The van der Waals surface area contributed by atoms with E-state index in [-0.39, 0.29) is 18.5 Å². The molecule has 1 aromatic rings. The quantitative estimate of drug-likeness (QED) is 0.539. The van der Waals surface area contributed by atoms with Crippen molar-refractivity contribution in [3.8, 4) is 0 Å². The van der Waals surface area contributed by atoms with Crippen molar-refractivity contribution in [2.24, 2.45) is 0 Å². The second kappa shape index (κ2) is 6.97. The van der Waals surface area contributed by atoms with E-state index < -0.39 is 0 Å². The number of benzene rings is 1. The molecule has 0 fully saturated rings. The van der Waals surface area contributed by atoms with Crippen molar-refractivity contribution in [2.45, 2.75) is 12.5 Å². The highest BCUT2D eigenvalue weighted by Crippen LogP contribution is 2.24.